The zero-order chi connectivity index (χ0) is 13.5. The molecule has 3 fully saturated rings. The van der Waals surface area contributed by atoms with Gasteiger partial charge in [-0.2, -0.15) is 0 Å². The number of aromatic nitrogens is 2. The molecule has 0 aromatic carbocycles. The van der Waals surface area contributed by atoms with Crippen molar-refractivity contribution in [2.24, 2.45) is 5.73 Å². The molecule has 2 atom stereocenters. The van der Waals surface area contributed by atoms with Crippen molar-refractivity contribution in [2.75, 3.05) is 32.7 Å². The van der Waals surface area contributed by atoms with Gasteiger partial charge in [0, 0.05) is 56.2 Å². The van der Waals surface area contributed by atoms with Crippen molar-refractivity contribution in [1.29, 1.82) is 0 Å². The Morgan fingerprint density at radius 3 is 2.75 bits per heavy atom. The van der Waals surface area contributed by atoms with E-state index in [2.05, 4.69) is 14.8 Å². The molecule has 20 heavy (non-hydrogen) atoms. The fraction of sp³-hybridized carbons (Fsp3) is 0.733. The first-order chi connectivity index (χ1) is 9.81. The minimum Gasteiger partial charge on any atom is -0.324 e. The number of rotatable bonds is 1. The maximum Gasteiger partial charge on any atom is 0.146 e. The van der Waals surface area contributed by atoms with Gasteiger partial charge in [0.25, 0.3) is 0 Å². The molecule has 1 aliphatic carbocycles. The Bertz CT molecular complexity index is 495. The van der Waals surface area contributed by atoms with Gasteiger partial charge in [0.2, 0.25) is 0 Å². The minimum absolute atomic E-state index is 0.133. The lowest BCUT2D eigenvalue weighted by atomic mass is 10.0. The molecular weight excluding hydrogens is 250 g/mol. The molecule has 5 rings (SSSR count). The van der Waals surface area contributed by atoms with E-state index in [1.807, 2.05) is 6.20 Å². The van der Waals surface area contributed by atoms with Crippen LogP contribution in [0.2, 0.25) is 0 Å². The third kappa shape index (κ3) is 2.14. The van der Waals surface area contributed by atoms with Gasteiger partial charge in [0.05, 0.1) is 6.04 Å². The van der Waals surface area contributed by atoms with Crippen LogP contribution in [0.25, 0.3) is 0 Å². The van der Waals surface area contributed by atoms with E-state index in [4.69, 9.17) is 10.7 Å². The smallest absolute Gasteiger partial charge is 0.146 e. The van der Waals surface area contributed by atoms with E-state index in [9.17, 15) is 0 Å². The summed E-state index contributed by atoms with van der Waals surface area (Å²) < 4.78 is 0. The van der Waals surface area contributed by atoms with E-state index < -0.39 is 0 Å². The normalized spacial score (nSPS) is 36.5. The Balaban J connectivity index is 1.65. The summed E-state index contributed by atoms with van der Waals surface area (Å²) in [4.78, 5) is 14.6. The third-order valence-electron chi connectivity index (χ3n) is 5.07. The van der Waals surface area contributed by atoms with Crippen LogP contribution in [0.15, 0.2) is 6.20 Å². The summed E-state index contributed by atoms with van der Waals surface area (Å²) >= 11 is 0. The summed E-state index contributed by atoms with van der Waals surface area (Å²) in [5, 5.41) is 0. The summed E-state index contributed by atoms with van der Waals surface area (Å²) in [7, 11) is 0. The highest BCUT2D eigenvalue weighted by Crippen LogP contribution is 2.30. The first kappa shape index (κ1) is 12.7. The fourth-order valence-electron chi connectivity index (χ4n) is 3.79. The largest absolute Gasteiger partial charge is 0.324 e. The summed E-state index contributed by atoms with van der Waals surface area (Å²) in [6.07, 6.45) is 6.55. The first-order valence-electron chi connectivity index (χ1n) is 7.89. The first-order valence-corrected chi connectivity index (χ1v) is 7.89. The van der Waals surface area contributed by atoms with Crippen LogP contribution in [0.3, 0.4) is 0 Å². The molecule has 1 aromatic rings. The molecule has 5 nitrogen and oxygen atoms in total. The highest BCUT2D eigenvalue weighted by atomic mass is 15.4. The maximum absolute atomic E-state index is 6.24. The van der Waals surface area contributed by atoms with Crippen molar-refractivity contribution in [3.05, 3.63) is 23.3 Å². The van der Waals surface area contributed by atoms with Crippen molar-refractivity contribution < 1.29 is 0 Å². The second kappa shape index (κ2) is 5.06. The van der Waals surface area contributed by atoms with Gasteiger partial charge in [-0.3, -0.25) is 9.80 Å². The highest BCUT2D eigenvalue weighted by molar-refractivity contribution is 5.24. The van der Waals surface area contributed by atoms with Crippen LogP contribution in [-0.4, -0.2) is 52.5 Å². The van der Waals surface area contributed by atoms with Crippen molar-refractivity contribution >= 4 is 0 Å². The number of hydrogen-bond acceptors (Lipinski definition) is 5. The predicted molar refractivity (Wildman–Crippen MR) is 77.3 cm³/mol. The molecule has 2 unspecified atom stereocenters. The van der Waals surface area contributed by atoms with Gasteiger partial charge in [-0.25, -0.2) is 9.97 Å². The topological polar surface area (TPSA) is 58.3 Å². The molecule has 0 radical (unpaired) electrons. The molecule has 0 spiro atoms. The lowest BCUT2D eigenvalue weighted by Crippen LogP contribution is -2.57. The molecule has 4 heterocycles. The SMILES string of the molecule is NC1CCCCc2nc(C3CN4CCN3CC4)ncc21. The number of hydrogen-bond donors (Lipinski definition) is 1. The molecule has 2 N–H and O–H groups in total. The molecule has 108 valence electrons. The van der Waals surface area contributed by atoms with Gasteiger partial charge in [-0.15, -0.1) is 0 Å². The number of aryl methyl sites for hydroxylation is 1. The molecule has 3 saturated heterocycles. The number of piperazine rings is 3. The van der Waals surface area contributed by atoms with E-state index in [1.165, 1.54) is 37.2 Å². The molecular formula is C15H23N5. The van der Waals surface area contributed by atoms with E-state index in [1.54, 1.807) is 0 Å². The average Bonchev–Trinajstić information content (AvgIpc) is 2.70. The van der Waals surface area contributed by atoms with Gasteiger partial charge in [-0.05, 0) is 19.3 Å². The second-order valence-corrected chi connectivity index (χ2v) is 6.33. The molecule has 2 bridgehead atoms. The molecule has 1 aromatic heterocycles. The zero-order valence-corrected chi connectivity index (χ0v) is 12.0. The molecule has 0 saturated carbocycles. The Kier molecular flexibility index (Phi) is 3.21. The van der Waals surface area contributed by atoms with Crippen LogP contribution < -0.4 is 5.73 Å². The van der Waals surface area contributed by atoms with Crippen molar-refractivity contribution in [1.82, 2.24) is 19.8 Å². The van der Waals surface area contributed by atoms with Crippen LogP contribution in [0.1, 0.15) is 48.4 Å². The van der Waals surface area contributed by atoms with Gasteiger partial charge >= 0.3 is 0 Å². The monoisotopic (exact) mass is 273 g/mol. The van der Waals surface area contributed by atoms with E-state index in [0.717, 1.165) is 38.3 Å². The summed E-state index contributed by atoms with van der Waals surface area (Å²) in [5.74, 6) is 1.02. The lowest BCUT2D eigenvalue weighted by molar-refractivity contribution is 0.00853. The Morgan fingerprint density at radius 1 is 1.15 bits per heavy atom. The van der Waals surface area contributed by atoms with Gasteiger partial charge in [-0.1, -0.05) is 6.42 Å². The lowest BCUT2D eigenvalue weighted by Gasteiger charge is -2.46. The molecule has 3 aliphatic heterocycles. The van der Waals surface area contributed by atoms with E-state index in [-0.39, 0.29) is 6.04 Å². The van der Waals surface area contributed by atoms with Gasteiger partial charge in [0.1, 0.15) is 5.82 Å². The van der Waals surface area contributed by atoms with Crippen molar-refractivity contribution in [3.8, 4) is 0 Å². The van der Waals surface area contributed by atoms with Crippen LogP contribution in [-0.2, 0) is 6.42 Å². The van der Waals surface area contributed by atoms with E-state index >= 15 is 0 Å². The quantitative estimate of drug-likeness (QED) is 0.770. The third-order valence-corrected chi connectivity index (χ3v) is 5.07. The predicted octanol–water partition coefficient (Wildman–Crippen LogP) is 0.875. The van der Waals surface area contributed by atoms with Crippen molar-refractivity contribution in [3.63, 3.8) is 0 Å². The molecule has 0 amide bonds. The van der Waals surface area contributed by atoms with E-state index in [0.29, 0.717) is 6.04 Å². The Morgan fingerprint density at radius 2 is 2.00 bits per heavy atom. The standard InChI is InChI=1S/C15H23N5/c16-12-3-1-2-4-13-11(12)9-17-15(18-13)14-10-19-5-7-20(14)8-6-19/h9,12,14H,1-8,10,16H2. The minimum atomic E-state index is 0.133. The second-order valence-electron chi connectivity index (χ2n) is 6.33. The summed E-state index contributed by atoms with van der Waals surface area (Å²) in [6.45, 7) is 5.80. The van der Waals surface area contributed by atoms with Crippen LogP contribution >= 0.6 is 0 Å². The van der Waals surface area contributed by atoms with Gasteiger partial charge < -0.3 is 5.73 Å². The van der Waals surface area contributed by atoms with Gasteiger partial charge in [0.15, 0.2) is 0 Å². The van der Waals surface area contributed by atoms with Crippen LogP contribution in [0.4, 0.5) is 0 Å². The van der Waals surface area contributed by atoms with Crippen LogP contribution in [0, 0.1) is 0 Å². The average molecular weight is 273 g/mol. The van der Waals surface area contributed by atoms with Crippen LogP contribution in [0.5, 0.6) is 0 Å². The Hall–Kier alpha value is -1.04. The summed E-state index contributed by atoms with van der Waals surface area (Å²) in [5.41, 5.74) is 8.63. The maximum atomic E-state index is 6.24. The number of nitrogens with zero attached hydrogens (tertiary/aromatic N) is 4. The highest BCUT2D eigenvalue weighted by Gasteiger charge is 2.34. The van der Waals surface area contributed by atoms with Crippen molar-refractivity contribution in [2.45, 2.75) is 37.8 Å². The summed E-state index contributed by atoms with van der Waals surface area (Å²) in [6, 6.07) is 0.524. The number of fused-ring (bicyclic) bond motifs is 4. The zero-order valence-electron chi connectivity index (χ0n) is 12.0. The molecule has 5 heteroatoms. The fourth-order valence-corrected chi connectivity index (χ4v) is 3.79. The molecule has 4 aliphatic rings. The Labute approximate surface area is 120 Å². The number of nitrogens with two attached hydrogens (primary N) is 1.